The highest BCUT2D eigenvalue weighted by molar-refractivity contribution is 6.08. The molecule has 0 aliphatic carbocycles. The van der Waals surface area contributed by atoms with Crippen LogP contribution in [0.2, 0.25) is 0 Å². The van der Waals surface area contributed by atoms with Crippen LogP contribution in [-0.4, -0.2) is 24.7 Å². The number of hydrogen-bond donors (Lipinski definition) is 1. The zero-order valence-electron chi connectivity index (χ0n) is 21.0. The van der Waals surface area contributed by atoms with Gasteiger partial charge in [0, 0.05) is 22.2 Å². The van der Waals surface area contributed by atoms with Crippen LogP contribution in [0.1, 0.15) is 50.9 Å². The molecular formula is C26H26N6O6. The van der Waals surface area contributed by atoms with Crippen molar-refractivity contribution in [3.63, 3.8) is 0 Å². The van der Waals surface area contributed by atoms with E-state index in [1.165, 1.54) is 0 Å². The molecule has 2 heterocycles. The van der Waals surface area contributed by atoms with Gasteiger partial charge in [0.25, 0.3) is 5.69 Å². The summed E-state index contributed by atoms with van der Waals surface area (Å²) in [6, 6.07) is 10.7. The van der Waals surface area contributed by atoms with Crippen molar-refractivity contribution < 1.29 is 14.8 Å². The third kappa shape index (κ3) is 5.33. The molecule has 2 aromatic carbocycles. The summed E-state index contributed by atoms with van der Waals surface area (Å²) in [6.45, 7) is 4.15. The molecule has 12 nitrogen and oxygen atoms in total. The lowest BCUT2D eigenvalue weighted by atomic mass is 10.0. The van der Waals surface area contributed by atoms with E-state index in [-0.39, 0.29) is 0 Å². The van der Waals surface area contributed by atoms with Gasteiger partial charge >= 0.3 is 11.4 Å². The molecule has 12 heteroatoms. The van der Waals surface area contributed by atoms with Crippen LogP contribution in [0.25, 0.3) is 21.8 Å². The number of nitrogens with one attached hydrogen (secondary N) is 1. The maximum Gasteiger partial charge on any atom is 0.306 e. The second-order valence-corrected chi connectivity index (χ2v) is 8.96. The SMILES string of the molecule is CCCCc1ccc2ccc3c(Nc4c([N+](=O)[O-])cc([N+](=O)[O-])cc4[N+](=O)[O-])cc(CCCC)nc3c2n1. The number of benzene rings is 2. The van der Waals surface area contributed by atoms with Gasteiger partial charge in [0.1, 0.15) is 0 Å². The Morgan fingerprint density at radius 3 is 1.89 bits per heavy atom. The highest BCUT2D eigenvalue weighted by Crippen LogP contribution is 2.42. The maximum absolute atomic E-state index is 11.8. The summed E-state index contributed by atoms with van der Waals surface area (Å²) in [7, 11) is 0. The van der Waals surface area contributed by atoms with E-state index in [0.29, 0.717) is 46.4 Å². The Hall–Kier alpha value is -4.74. The summed E-state index contributed by atoms with van der Waals surface area (Å²) in [6.07, 6.45) is 5.20. The normalized spacial score (nSPS) is 11.1. The number of unbranched alkanes of at least 4 members (excludes halogenated alkanes) is 2. The van der Waals surface area contributed by atoms with Gasteiger partial charge in [0.05, 0.1) is 43.6 Å². The number of nitrogens with zero attached hydrogens (tertiary/aromatic N) is 5. The predicted molar refractivity (Wildman–Crippen MR) is 144 cm³/mol. The Morgan fingerprint density at radius 2 is 1.32 bits per heavy atom. The second-order valence-electron chi connectivity index (χ2n) is 8.96. The molecule has 0 atom stereocenters. The van der Waals surface area contributed by atoms with Crippen molar-refractivity contribution in [2.24, 2.45) is 0 Å². The molecule has 0 spiro atoms. The van der Waals surface area contributed by atoms with Crippen molar-refractivity contribution in [1.82, 2.24) is 9.97 Å². The van der Waals surface area contributed by atoms with Gasteiger partial charge in [-0.2, -0.15) is 0 Å². The highest BCUT2D eigenvalue weighted by atomic mass is 16.6. The molecule has 4 rings (SSSR count). The fourth-order valence-electron chi connectivity index (χ4n) is 4.30. The van der Waals surface area contributed by atoms with E-state index in [4.69, 9.17) is 9.97 Å². The Morgan fingerprint density at radius 1 is 0.737 bits per heavy atom. The zero-order valence-corrected chi connectivity index (χ0v) is 21.0. The van der Waals surface area contributed by atoms with E-state index in [0.717, 1.165) is 43.2 Å². The van der Waals surface area contributed by atoms with E-state index < -0.39 is 37.5 Å². The lowest BCUT2D eigenvalue weighted by Crippen LogP contribution is -2.05. The molecular weight excluding hydrogens is 492 g/mol. The summed E-state index contributed by atoms with van der Waals surface area (Å²) in [5, 5.41) is 39.3. The van der Waals surface area contributed by atoms with E-state index in [9.17, 15) is 30.3 Å². The van der Waals surface area contributed by atoms with Crippen molar-refractivity contribution in [3.05, 3.63) is 84.2 Å². The number of nitro groups is 3. The first kappa shape index (κ1) is 26.3. The van der Waals surface area contributed by atoms with Crippen molar-refractivity contribution in [2.75, 3.05) is 5.32 Å². The number of pyridine rings is 2. The quantitative estimate of drug-likeness (QED) is 0.126. The van der Waals surface area contributed by atoms with Gasteiger partial charge in [-0.25, -0.2) is 0 Å². The average Bonchev–Trinajstić information content (AvgIpc) is 2.90. The van der Waals surface area contributed by atoms with E-state index in [1.807, 2.05) is 25.1 Å². The van der Waals surface area contributed by atoms with Gasteiger partial charge in [0.2, 0.25) is 0 Å². The van der Waals surface area contributed by atoms with E-state index >= 15 is 0 Å². The van der Waals surface area contributed by atoms with Gasteiger partial charge in [-0.1, -0.05) is 38.8 Å². The summed E-state index contributed by atoms with van der Waals surface area (Å²) in [5.74, 6) is 0. The number of nitro benzene ring substituents is 3. The molecule has 38 heavy (non-hydrogen) atoms. The lowest BCUT2D eigenvalue weighted by Gasteiger charge is -2.14. The van der Waals surface area contributed by atoms with Crippen LogP contribution in [-0.2, 0) is 12.8 Å². The lowest BCUT2D eigenvalue weighted by molar-refractivity contribution is -0.401. The van der Waals surface area contributed by atoms with Gasteiger partial charge < -0.3 is 5.32 Å². The van der Waals surface area contributed by atoms with Crippen LogP contribution in [0.4, 0.5) is 28.4 Å². The van der Waals surface area contributed by atoms with Crippen LogP contribution in [0.3, 0.4) is 0 Å². The summed E-state index contributed by atoms with van der Waals surface area (Å²) < 4.78 is 0. The minimum Gasteiger partial charge on any atom is -0.344 e. The molecule has 0 radical (unpaired) electrons. The van der Waals surface area contributed by atoms with Gasteiger partial charge in [-0.3, -0.25) is 40.3 Å². The predicted octanol–water partition coefficient (Wildman–Crippen LogP) is 6.94. The van der Waals surface area contributed by atoms with Crippen molar-refractivity contribution >= 4 is 50.2 Å². The first-order valence-corrected chi connectivity index (χ1v) is 12.3. The van der Waals surface area contributed by atoms with Gasteiger partial charge in [0.15, 0.2) is 5.69 Å². The topological polar surface area (TPSA) is 167 Å². The smallest absolute Gasteiger partial charge is 0.306 e. The molecule has 196 valence electrons. The van der Waals surface area contributed by atoms with Crippen LogP contribution < -0.4 is 5.32 Å². The van der Waals surface area contributed by atoms with E-state index in [1.54, 1.807) is 12.1 Å². The molecule has 1 N–H and O–H groups in total. The molecule has 0 aliphatic rings. The first-order valence-electron chi connectivity index (χ1n) is 12.3. The Bertz CT molecular complexity index is 1540. The average molecular weight is 519 g/mol. The van der Waals surface area contributed by atoms with Crippen LogP contribution in [0.15, 0.2) is 42.5 Å². The minimum atomic E-state index is -0.900. The van der Waals surface area contributed by atoms with Crippen molar-refractivity contribution in [3.8, 4) is 0 Å². The second kappa shape index (κ2) is 11.1. The third-order valence-corrected chi connectivity index (χ3v) is 6.27. The third-order valence-electron chi connectivity index (χ3n) is 6.27. The molecule has 2 aromatic heterocycles. The Labute approximate surface area is 217 Å². The Kier molecular flexibility index (Phi) is 7.70. The number of rotatable bonds is 11. The highest BCUT2D eigenvalue weighted by Gasteiger charge is 2.31. The molecule has 4 aromatic rings. The molecule has 0 saturated carbocycles. The fourth-order valence-corrected chi connectivity index (χ4v) is 4.30. The summed E-state index contributed by atoms with van der Waals surface area (Å²) in [5.41, 5.74) is 0.499. The molecule has 0 amide bonds. The number of hydrogen-bond acceptors (Lipinski definition) is 9. The summed E-state index contributed by atoms with van der Waals surface area (Å²) >= 11 is 0. The number of fused-ring (bicyclic) bond motifs is 3. The first-order chi connectivity index (χ1) is 18.2. The molecule has 0 aliphatic heterocycles. The van der Waals surface area contributed by atoms with Crippen molar-refractivity contribution in [2.45, 2.75) is 52.4 Å². The Balaban J connectivity index is 1.97. The summed E-state index contributed by atoms with van der Waals surface area (Å²) in [4.78, 5) is 42.0. The van der Waals surface area contributed by atoms with E-state index in [2.05, 4.69) is 12.2 Å². The van der Waals surface area contributed by atoms with Crippen LogP contribution >= 0.6 is 0 Å². The van der Waals surface area contributed by atoms with Gasteiger partial charge in [-0.15, -0.1) is 0 Å². The van der Waals surface area contributed by atoms with Gasteiger partial charge in [-0.05, 0) is 43.9 Å². The minimum absolute atomic E-state index is 0.365. The number of aryl methyl sites for hydroxylation is 2. The molecule has 0 fully saturated rings. The number of non-ortho nitro benzene ring substituents is 1. The largest absolute Gasteiger partial charge is 0.344 e. The van der Waals surface area contributed by atoms with Crippen LogP contribution in [0, 0.1) is 30.3 Å². The monoisotopic (exact) mass is 518 g/mol. The standard InChI is InChI=1S/C26H26N6O6/c1-3-5-7-17-11-9-16-10-12-20-21(13-18(8-6-4-2)28-25(20)24(16)27-17)29-26-22(31(35)36)14-19(30(33)34)15-23(26)32(37)38/h9-15H,3-8H2,1-2H3,(H,28,29). The molecule has 0 saturated heterocycles. The number of aromatic nitrogens is 2. The zero-order chi connectivity index (χ0) is 27.4. The van der Waals surface area contributed by atoms with Crippen molar-refractivity contribution in [1.29, 1.82) is 0 Å². The fraction of sp³-hybridized carbons (Fsp3) is 0.308. The van der Waals surface area contributed by atoms with Crippen LogP contribution in [0.5, 0.6) is 0 Å². The molecule has 0 bridgehead atoms. The molecule has 0 unspecified atom stereocenters. The number of anilines is 2. The maximum atomic E-state index is 11.8.